The first kappa shape index (κ1) is 25.3. The van der Waals surface area contributed by atoms with E-state index >= 15 is 0 Å². The Morgan fingerprint density at radius 2 is 1.74 bits per heavy atom. The summed E-state index contributed by atoms with van der Waals surface area (Å²) in [6.45, 7) is 5.85. The zero-order valence-electron chi connectivity index (χ0n) is 20.5. The average Bonchev–Trinajstić information content (AvgIpc) is 2.87. The van der Waals surface area contributed by atoms with E-state index in [9.17, 15) is 4.79 Å². The summed E-state index contributed by atoms with van der Waals surface area (Å²) in [5.74, 6) is 1.35. The van der Waals surface area contributed by atoms with Crippen LogP contribution in [0.4, 0.5) is 5.69 Å². The van der Waals surface area contributed by atoms with Crippen LogP contribution in [0.5, 0.6) is 5.75 Å². The number of nitrogens with one attached hydrogen (secondary N) is 1. The van der Waals surface area contributed by atoms with Gasteiger partial charge in [0.15, 0.2) is 0 Å². The molecule has 0 radical (unpaired) electrons. The fourth-order valence-corrected chi connectivity index (χ4v) is 4.75. The number of rotatable bonds is 10. The van der Waals surface area contributed by atoms with Crippen molar-refractivity contribution < 1.29 is 9.53 Å². The molecule has 1 aliphatic heterocycles. The van der Waals surface area contributed by atoms with Gasteiger partial charge in [-0.15, -0.1) is 0 Å². The van der Waals surface area contributed by atoms with Crippen molar-refractivity contribution in [3.05, 3.63) is 94.5 Å². The van der Waals surface area contributed by atoms with Crippen LogP contribution in [0.3, 0.4) is 0 Å². The molecule has 0 atom stereocenters. The van der Waals surface area contributed by atoms with Crippen molar-refractivity contribution in [2.75, 3.05) is 25.0 Å². The molecule has 0 bridgehead atoms. The maximum atomic E-state index is 12.6. The fraction of sp³-hybridized carbons (Fsp3) is 0.367. The van der Waals surface area contributed by atoms with E-state index in [1.807, 2.05) is 60.7 Å². The summed E-state index contributed by atoms with van der Waals surface area (Å²) in [5.41, 5.74) is 4.45. The van der Waals surface area contributed by atoms with Crippen molar-refractivity contribution in [3.8, 4) is 5.75 Å². The minimum atomic E-state index is 0.0968. The summed E-state index contributed by atoms with van der Waals surface area (Å²) in [4.78, 5) is 15.1. The standard InChI is InChI=1S/C30H35ClN2O2/c1-23-20-24(9-14-29(23)31)8-5-17-33-18-15-25(16-19-33)21-30(34)32-27-10-12-28(13-11-27)35-22-26-6-3-2-4-7-26/h2-4,6-7,9-14,20,25H,5,8,15-19,21-22H2,1H3,(H,32,34). The zero-order chi connectivity index (χ0) is 24.5. The molecule has 4 nitrogen and oxygen atoms in total. The zero-order valence-corrected chi connectivity index (χ0v) is 21.3. The summed E-state index contributed by atoms with van der Waals surface area (Å²) in [7, 11) is 0. The highest BCUT2D eigenvalue weighted by atomic mass is 35.5. The Morgan fingerprint density at radius 3 is 2.46 bits per heavy atom. The minimum Gasteiger partial charge on any atom is -0.489 e. The van der Waals surface area contributed by atoms with Crippen LogP contribution in [0.25, 0.3) is 0 Å². The third-order valence-corrected chi connectivity index (χ3v) is 7.15. The van der Waals surface area contributed by atoms with Crippen LogP contribution >= 0.6 is 11.6 Å². The van der Waals surface area contributed by atoms with E-state index in [4.69, 9.17) is 16.3 Å². The number of nitrogens with zero attached hydrogens (tertiary/aromatic N) is 1. The fourth-order valence-electron chi connectivity index (χ4n) is 4.63. The van der Waals surface area contributed by atoms with Crippen molar-refractivity contribution in [2.45, 2.75) is 45.6 Å². The molecule has 3 aromatic rings. The third-order valence-electron chi connectivity index (χ3n) is 6.73. The number of carbonyl (C=O) groups excluding carboxylic acids is 1. The highest BCUT2D eigenvalue weighted by Crippen LogP contribution is 2.23. The largest absolute Gasteiger partial charge is 0.489 e. The Hall–Kier alpha value is -2.82. The lowest BCUT2D eigenvalue weighted by Gasteiger charge is -2.31. The number of anilines is 1. The summed E-state index contributed by atoms with van der Waals surface area (Å²) in [6, 6.07) is 24.0. The van der Waals surface area contributed by atoms with E-state index in [2.05, 4.69) is 29.3 Å². The molecule has 1 saturated heterocycles. The van der Waals surface area contributed by atoms with Gasteiger partial charge >= 0.3 is 0 Å². The van der Waals surface area contributed by atoms with Crippen LogP contribution in [0.15, 0.2) is 72.8 Å². The molecule has 0 aliphatic carbocycles. The second-order valence-corrected chi connectivity index (χ2v) is 9.93. The Kier molecular flexibility index (Phi) is 9.21. The Morgan fingerprint density at radius 1 is 1.00 bits per heavy atom. The summed E-state index contributed by atoms with van der Waals surface area (Å²) in [5, 5.41) is 3.88. The number of carbonyl (C=O) groups is 1. The van der Waals surface area contributed by atoms with Gasteiger partial charge in [0.1, 0.15) is 12.4 Å². The first-order valence-corrected chi connectivity index (χ1v) is 13.0. The molecule has 1 aliphatic rings. The smallest absolute Gasteiger partial charge is 0.224 e. The van der Waals surface area contributed by atoms with E-state index in [0.717, 1.165) is 72.9 Å². The molecule has 1 fully saturated rings. The van der Waals surface area contributed by atoms with Crippen LogP contribution in [-0.4, -0.2) is 30.4 Å². The molecule has 3 aromatic carbocycles. The van der Waals surface area contributed by atoms with Gasteiger partial charge in [-0.1, -0.05) is 54.1 Å². The van der Waals surface area contributed by atoms with Crippen LogP contribution < -0.4 is 10.1 Å². The lowest BCUT2D eigenvalue weighted by molar-refractivity contribution is -0.117. The average molecular weight is 491 g/mol. The maximum absolute atomic E-state index is 12.6. The number of likely N-dealkylation sites (tertiary alicyclic amines) is 1. The van der Waals surface area contributed by atoms with Gasteiger partial charge in [-0.25, -0.2) is 0 Å². The number of aryl methyl sites for hydroxylation is 2. The van der Waals surface area contributed by atoms with Gasteiger partial charge in [-0.05, 0) is 105 Å². The van der Waals surface area contributed by atoms with E-state index in [1.54, 1.807) is 0 Å². The lowest BCUT2D eigenvalue weighted by atomic mass is 9.93. The molecular weight excluding hydrogens is 456 g/mol. The predicted octanol–water partition coefficient (Wildman–Crippen LogP) is 6.90. The number of piperidine rings is 1. The van der Waals surface area contributed by atoms with Gasteiger partial charge in [0, 0.05) is 17.1 Å². The molecule has 5 heteroatoms. The molecule has 1 N–H and O–H groups in total. The maximum Gasteiger partial charge on any atom is 0.224 e. The van der Waals surface area contributed by atoms with E-state index in [0.29, 0.717) is 18.9 Å². The molecule has 184 valence electrons. The molecule has 0 saturated carbocycles. The lowest BCUT2D eigenvalue weighted by Crippen LogP contribution is -2.35. The normalized spacial score (nSPS) is 14.6. The van der Waals surface area contributed by atoms with Gasteiger partial charge in [0.05, 0.1) is 0 Å². The quantitative estimate of drug-likeness (QED) is 0.336. The second-order valence-electron chi connectivity index (χ2n) is 9.52. The third kappa shape index (κ3) is 8.12. The number of hydrogen-bond donors (Lipinski definition) is 1. The van der Waals surface area contributed by atoms with Gasteiger partial charge in [-0.2, -0.15) is 0 Å². The minimum absolute atomic E-state index is 0.0968. The number of hydrogen-bond acceptors (Lipinski definition) is 3. The summed E-state index contributed by atoms with van der Waals surface area (Å²) in [6.07, 6.45) is 4.98. The van der Waals surface area contributed by atoms with Gasteiger partial charge in [0.25, 0.3) is 0 Å². The van der Waals surface area contributed by atoms with Crippen molar-refractivity contribution in [3.63, 3.8) is 0 Å². The summed E-state index contributed by atoms with van der Waals surface area (Å²) < 4.78 is 5.82. The van der Waals surface area contributed by atoms with Crippen molar-refractivity contribution in [2.24, 2.45) is 5.92 Å². The van der Waals surface area contributed by atoms with Crippen molar-refractivity contribution >= 4 is 23.2 Å². The second kappa shape index (κ2) is 12.8. The van der Waals surface area contributed by atoms with Crippen molar-refractivity contribution in [1.29, 1.82) is 0 Å². The van der Waals surface area contributed by atoms with E-state index in [1.165, 1.54) is 5.56 Å². The highest BCUT2D eigenvalue weighted by Gasteiger charge is 2.21. The van der Waals surface area contributed by atoms with Gasteiger partial charge < -0.3 is 15.0 Å². The first-order valence-electron chi connectivity index (χ1n) is 12.6. The van der Waals surface area contributed by atoms with Crippen LogP contribution in [0, 0.1) is 12.8 Å². The number of amides is 1. The number of ether oxygens (including phenoxy) is 1. The molecule has 1 amide bonds. The molecule has 1 heterocycles. The molecule has 4 rings (SSSR count). The topological polar surface area (TPSA) is 41.6 Å². The predicted molar refractivity (Wildman–Crippen MR) is 144 cm³/mol. The Balaban J connectivity index is 1.12. The molecular formula is C30H35ClN2O2. The van der Waals surface area contributed by atoms with Crippen LogP contribution in [-0.2, 0) is 17.8 Å². The van der Waals surface area contributed by atoms with Crippen molar-refractivity contribution in [1.82, 2.24) is 4.90 Å². The van der Waals surface area contributed by atoms with Crippen LogP contribution in [0.1, 0.15) is 42.4 Å². The van der Waals surface area contributed by atoms with E-state index < -0.39 is 0 Å². The monoisotopic (exact) mass is 490 g/mol. The number of halogens is 1. The van der Waals surface area contributed by atoms with E-state index in [-0.39, 0.29) is 5.91 Å². The Labute approximate surface area is 214 Å². The SMILES string of the molecule is Cc1cc(CCCN2CCC(CC(=O)Nc3ccc(OCc4ccccc4)cc3)CC2)ccc1Cl. The molecule has 0 aromatic heterocycles. The number of benzene rings is 3. The summed E-state index contributed by atoms with van der Waals surface area (Å²) >= 11 is 6.13. The highest BCUT2D eigenvalue weighted by molar-refractivity contribution is 6.31. The van der Waals surface area contributed by atoms with Gasteiger partial charge in [-0.3, -0.25) is 4.79 Å². The first-order chi connectivity index (χ1) is 17.0. The molecule has 0 spiro atoms. The van der Waals surface area contributed by atoms with Crippen LogP contribution in [0.2, 0.25) is 5.02 Å². The molecule has 35 heavy (non-hydrogen) atoms. The van der Waals surface area contributed by atoms with Gasteiger partial charge in [0.2, 0.25) is 5.91 Å². The molecule has 0 unspecified atom stereocenters. The Bertz CT molecular complexity index is 1080.